The molecule has 0 spiro atoms. The van der Waals surface area contributed by atoms with E-state index in [0.717, 1.165) is 11.1 Å². The first-order valence-electron chi connectivity index (χ1n) is 7.56. The molecule has 120 valence electrons. The van der Waals surface area contributed by atoms with Crippen LogP contribution in [0.15, 0.2) is 43.0 Å². The van der Waals surface area contributed by atoms with E-state index in [1.54, 1.807) is 23.4 Å². The Kier molecular flexibility index (Phi) is 4.62. The average molecular weight is 315 g/mol. The molecule has 6 heteroatoms. The normalized spacial score (nSPS) is 19.4. The minimum Gasteiger partial charge on any atom is -0.370 e. The summed E-state index contributed by atoms with van der Waals surface area (Å²) in [7, 11) is 0. The van der Waals surface area contributed by atoms with E-state index in [0.29, 0.717) is 19.7 Å². The summed E-state index contributed by atoms with van der Waals surface area (Å²) in [5.74, 6) is -0.615. The maximum absolute atomic E-state index is 13.4. The van der Waals surface area contributed by atoms with Crippen molar-refractivity contribution in [3.05, 3.63) is 59.9 Å². The Morgan fingerprint density at radius 3 is 2.91 bits per heavy atom. The van der Waals surface area contributed by atoms with Crippen LogP contribution < -0.4 is 0 Å². The molecule has 2 atom stereocenters. The van der Waals surface area contributed by atoms with E-state index in [-0.39, 0.29) is 23.7 Å². The summed E-state index contributed by atoms with van der Waals surface area (Å²) in [5, 5.41) is 0. The molecule has 0 radical (unpaired) electrons. The van der Waals surface area contributed by atoms with Crippen molar-refractivity contribution in [1.82, 2.24) is 14.9 Å². The van der Waals surface area contributed by atoms with Gasteiger partial charge in [-0.3, -0.25) is 4.79 Å². The molecule has 0 aliphatic carbocycles. The second-order valence-electron chi connectivity index (χ2n) is 5.59. The van der Waals surface area contributed by atoms with Crippen LogP contribution in [0.1, 0.15) is 30.1 Å². The number of halogens is 1. The van der Waals surface area contributed by atoms with Crippen molar-refractivity contribution >= 4 is 5.91 Å². The molecule has 1 aliphatic heterocycles. The number of carbonyl (C=O) groups is 1. The maximum Gasteiger partial charge on any atom is 0.230 e. The zero-order valence-corrected chi connectivity index (χ0v) is 12.9. The highest BCUT2D eigenvalue weighted by Gasteiger charge is 2.29. The number of hydrogen-bond acceptors (Lipinski definition) is 4. The molecular weight excluding hydrogens is 297 g/mol. The van der Waals surface area contributed by atoms with Crippen LogP contribution in [0.3, 0.4) is 0 Å². The van der Waals surface area contributed by atoms with E-state index in [9.17, 15) is 9.18 Å². The van der Waals surface area contributed by atoms with Gasteiger partial charge in [-0.2, -0.15) is 0 Å². The van der Waals surface area contributed by atoms with Crippen LogP contribution in [0.4, 0.5) is 4.39 Å². The van der Waals surface area contributed by atoms with E-state index < -0.39 is 0 Å². The number of ether oxygens (including phenoxy) is 1. The number of rotatable bonds is 3. The molecule has 2 heterocycles. The Morgan fingerprint density at radius 1 is 1.39 bits per heavy atom. The third-order valence-corrected chi connectivity index (χ3v) is 4.05. The van der Waals surface area contributed by atoms with Gasteiger partial charge in [0.15, 0.2) is 0 Å². The summed E-state index contributed by atoms with van der Waals surface area (Å²) < 4.78 is 19.1. The first kappa shape index (κ1) is 15.6. The summed E-state index contributed by atoms with van der Waals surface area (Å²) in [6.07, 6.45) is 4.44. The van der Waals surface area contributed by atoms with Crippen LogP contribution in [0.2, 0.25) is 0 Å². The summed E-state index contributed by atoms with van der Waals surface area (Å²) in [6, 6.07) is 6.31. The highest BCUT2D eigenvalue weighted by Crippen LogP contribution is 2.25. The van der Waals surface area contributed by atoms with Gasteiger partial charge >= 0.3 is 0 Å². The summed E-state index contributed by atoms with van der Waals surface area (Å²) in [6.45, 7) is 3.22. The van der Waals surface area contributed by atoms with Gasteiger partial charge in [0.05, 0.1) is 19.1 Å². The Labute approximate surface area is 134 Å². The van der Waals surface area contributed by atoms with Crippen molar-refractivity contribution in [2.24, 2.45) is 0 Å². The van der Waals surface area contributed by atoms with Crippen molar-refractivity contribution in [2.45, 2.75) is 18.9 Å². The quantitative estimate of drug-likeness (QED) is 0.872. The Hall–Kier alpha value is -2.34. The van der Waals surface area contributed by atoms with E-state index in [1.165, 1.54) is 18.5 Å². The third kappa shape index (κ3) is 3.53. The molecule has 3 rings (SSSR count). The van der Waals surface area contributed by atoms with E-state index >= 15 is 0 Å². The highest BCUT2D eigenvalue weighted by atomic mass is 19.1. The standard InChI is InChI=1S/C17H18FN3O2/c1-12(14-8-19-11-20-9-14)17(22)21-5-6-23-16(10-21)13-3-2-4-15(18)7-13/h2-4,7-9,11-12,16H,5-6,10H2,1H3/t12-,16-/m0/s1. The first-order valence-corrected chi connectivity index (χ1v) is 7.56. The van der Waals surface area contributed by atoms with Gasteiger partial charge < -0.3 is 9.64 Å². The van der Waals surface area contributed by atoms with Gasteiger partial charge in [0.25, 0.3) is 0 Å². The van der Waals surface area contributed by atoms with Crippen LogP contribution in [-0.2, 0) is 9.53 Å². The lowest BCUT2D eigenvalue weighted by molar-refractivity contribution is -0.140. The highest BCUT2D eigenvalue weighted by molar-refractivity contribution is 5.83. The van der Waals surface area contributed by atoms with Crippen LogP contribution in [0, 0.1) is 5.82 Å². The first-order chi connectivity index (χ1) is 11.1. The second kappa shape index (κ2) is 6.83. The third-order valence-electron chi connectivity index (χ3n) is 4.05. The Balaban J connectivity index is 1.72. The fourth-order valence-electron chi connectivity index (χ4n) is 2.71. The Bertz CT molecular complexity index is 681. The molecule has 0 bridgehead atoms. The maximum atomic E-state index is 13.4. The number of hydrogen-bond donors (Lipinski definition) is 0. The van der Waals surface area contributed by atoms with Crippen LogP contribution in [0.25, 0.3) is 0 Å². The number of aromatic nitrogens is 2. The van der Waals surface area contributed by atoms with Crippen LogP contribution in [-0.4, -0.2) is 40.5 Å². The summed E-state index contributed by atoms with van der Waals surface area (Å²) in [4.78, 5) is 22.4. The van der Waals surface area contributed by atoms with Gasteiger partial charge in [-0.25, -0.2) is 14.4 Å². The fourth-order valence-corrected chi connectivity index (χ4v) is 2.71. The predicted molar refractivity (Wildman–Crippen MR) is 82.1 cm³/mol. The molecule has 1 aromatic heterocycles. The van der Waals surface area contributed by atoms with Crippen molar-refractivity contribution < 1.29 is 13.9 Å². The predicted octanol–water partition coefficient (Wildman–Crippen LogP) is 2.32. The Morgan fingerprint density at radius 2 is 2.17 bits per heavy atom. The molecular formula is C17H18FN3O2. The molecule has 1 aromatic carbocycles. The molecule has 1 aliphatic rings. The smallest absolute Gasteiger partial charge is 0.230 e. The van der Waals surface area contributed by atoms with Crippen molar-refractivity contribution in [1.29, 1.82) is 0 Å². The molecule has 23 heavy (non-hydrogen) atoms. The van der Waals surface area contributed by atoms with E-state index in [2.05, 4.69) is 9.97 Å². The number of carbonyl (C=O) groups excluding carboxylic acids is 1. The zero-order valence-electron chi connectivity index (χ0n) is 12.9. The minimum absolute atomic E-state index is 0.00417. The van der Waals surface area contributed by atoms with Crippen LogP contribution >= 0.6 is 0 Å². The van der Waals surface area contributed by atoms with Crippen LogP contribution in [0.5, 0.6) is 0 Å². The van der Waals surface area contributed by atoms with E-state index in [4.69, 9.17) is 4.74 Å². The zero-order chi connectivity index (χ0) is 16.2. The van der Waals surface area contributed by atoms with Crippen molar-refractivity contribution in [2.75, 3.05) is 19.7 Å². The topological polar surface area (TPSA) is 55.3 Å². The molecule has 1 amide bonds. The SMILES string of the molecule is C[C@H](C(=O)N1CCO[C@H](c2cccc(F)c2)C1)c1cncnc1. The average Bonchev–Trinajstić information content (AvgIpc) is 2.61. The fraction of sp³-hybridized carbons (Fsp3) is 0.353. The second-order valence-corrected chi connectivity index (χ2v) is 5.59. The molecule has 0 N–H and O–H groups in total. The molecule has 1 saturated heterocycles. The van der Waals surface area contributed by atoms with E-state index in [1.807, 2.05) is 13.0 Å². The lowest BCUT2D eigenvalue weighted by atomic mass is 10.0. The molecule has 1 fully saturated rings. The lowest BCUT2D eigenvalue weighted by Gasteiger charge is -2.34. The number of amides is 1. The monoisotopic (exact) mass is 315 g/mol. The largest absolute Gasteiger partial charge is 0.370 e. The number of morpholine rings is 1. The lowest BCUT2D eigenvalue weighted by Crippen LogP contribution is -2.44. The minimum atomic E-state index is -0.317. The van der Waals surface area contributed by atoms with Crippen molar-refractivity contribution in [3.63, 3.8) is 0 Å². The van der Waals surface area contributed by atoms with Gasteiger partial charge in [-0.15, -0.1) is 0 Å². The molecule has 5 nitrogen and oxygen atoms in total. The van der Waals surface area contributed by atoms with Crippen molar-refractivity contribution in [3.8, 4) is 0 Å². The van der Waals surface area contributed by atoms with Gasteiger partial charge in [0.2, 0.25) is 5.91 Å². The molecule has 2 aromatic rings. The van der Waals surface area contributed by atoms with Gasteiger partial charge in [0.1, 0.15) is 18.2 Å². The van der Waals surface area contributed by atoms with Gasteiger partial charge in [-0.1, -0.05) is 12.1 Å². The van der Waals surface area contributed by atoms with Gasteiger partial charge in [-0.05, 0) is 24.6 Å². The van der Waals surface area contributed by atoms with Gasteiger partial charge in [0, 0.05) is 24.5 Å². The summed E-state index contributed by atoms with van der Waals surface area (Å²) in [5.41, 5.74) is 1.53. The number of benzene rings is 1. The molecule has 0 saturated carbocycles. The summed E-state index contributed by atoms with van der Waals surface area (Å²) >= 11 is 0. The molecule has 0 unspecified atom stereocenters. The number of nitrogens with zero attached hydrogens (tertiary/aromatic N) is 3.